The number of nitrogens with zero attached hydrogens (tertiary/aromatic N) is 1. The van der Waals surface area contributed by atoms with Gasteiger partial charge < -0.3 is 10.0 Å². The van der Waals surface area contributed by atoms with Crippen molar-refractivity contribution in [3.8, 4) is 0 Å². The molecule has 0 bridgehead atoms. The Morgan fingerprint density at radius 3 is 2.24 bits per heavy atom. The molecule has 0 saturated carbocycles. The lowest BCUT2D eigenvalue weighted by atomic mass is 10.1. The molecule has 3 nitrogen and oxygen atoms in total. The summed E-state index contributed by atoms with van der Waals surface area (Å²) >= 11 is 6.48. The molecular formula is C12H19NO2S2. The molecule has 1 unspecified atom stereocenters. The van der Waals surface area contributed by atoms with Crippen molar-refractivity contribution < 1.29 is 9.90 Å². The summed E-state index contributed by atoms with van der Waals surface area (Å²) in [5, 5.41) is 9.18. The highest BCUT2D eigenvalue weighted by atomic mass is 32.2. The quantitative estimate of drug-likeness (QED) is 0.570. The average Bonchev–Trinajstić information content (AvgIpc) is 2.28. The Bertz CT molecular complexity index is 308. The number of hydrogen-bond acceptors (Lipinski definition) is 3. The molecule has 0 aromatic heterocycles. The Hall–Kier alpha value is -0.810. The van der Waals surface area contributed by atoms with E-state index in [4.69, 9.17) is 12.2 Å². The Morgan fingerprint density at radius 1 is 1.47 bits per heavy atom. The van der Waals surface area contributed by atoms with Crippen LogP contribution in [0.3, 0.4) is 0 Å². The highest BCUT2D eigenvalue weighted by molar-refractivity contribution is 8.24. The maximum absolute atomic E-state index is 11.2. The number of thioether (sulfide) groups is 1. The molecule has 1 atom stereocenters. The van der Waals surface area contributed by atoms with E-state index in [1.54, 1.807) is 19.1 Å². The first-order valence-corrected chi connectivity index (χ1v) is 6.56. The summed E-state index contributed by atoms with van der Waals surface area (Å²) in [6.45, 7) is 12.0. The molecule has 1 N–H and O–H groups in total. The number of carbonyl (C=O) groups is 1. The molecule has 0 radical (unpaired) electrons. The fourth-order valence-electron chi connectivity index (χ4n) is 1.06. The normalized spacial score (nSPS) is 13.5. The molecule has 0 amide bonds. The number of hydrogen-bond donors (Lipinski definition) is 1. The van der Waals surface area contributed by atoms with Gasteiger partial charge in [0, 0.05) is 13.1 Å². The zero-order valence-corrected chi connectivity index (χ0v) is 11.9. The van der Waals surface area contributed by atoms with Gasteiger partial charge in [0.1, 0.15) is 9.07 Å². The SMILES string of the molecule is C=CCN(CC=C)C(=S)SC(C)(CC)C(=O)O. The third kappa shape index (κ3) is 4.91. The number of carboxylic acids is 1. The van der Waals surface area contributed by atoms with Crippen molar-refractivity contribution in [2.24, 2.45) is 0 Å². The van der Waals surface area contributed by atoms with Crippen molar-refractivity contribution in [1.29, 1.82) is 0 Å². The largest absolute Gasteiger partial charge is 0.480 e. The molecule has 0 fully saturated rings. The van der Waals surface area contributed by atoms with E-state index in [0.29, 0.717) is 23.8 Å². The first kappa shape index (κ1) is 16.2. The van der Waals surface area contributed by atoms with Crippen LogP contribution in [-0.2, 0) is 4.79 Å². The predicted octanol–water partition coefficient (Wildman–Crippen LogP) is 2.93. The molecule has 17 heavy (non-hydrogen) atoms. The van der Waals surface area contributed by atoms with E-state index in [1.807, 2.05) is 11.8 Å². The van der Waals surface area contributed by atoms with Crippen LogP contribution in [0.5, 0.6) is 0 Å². The zero-order chi connectivity index (χ0) is 13.5. The van der Waals surface area contributed by atoms with Gasteiger partial charge in [-0.15, -0.1) is 13.2 Å². The first-order valence-electron chi connectivity index (χ1n) is 5.34. The van der Waals surface area contributed by atoms with E-state index < -0.39 is 10.7 Å². The highest BCUT2D eigenvalue weighted by Crippen LogP contribution is 2.31. The van der Waals surface area contributed by atoms with Gasteiger partial charge in [-0.3, -0.25) is 4.79 Å². The molecule has 0 aliphatic carbocycles. The smallest absolute Gasteiger partial charge is 0.319 e. The van der Waals surface area contributed by atoms with E-state index in [0.717, 1.165) is 0 Å². The Kier molecular flexibility index (Phi) is 7.15. The predicted molar refractivity (Wildman–Crippen MR) is 78.5 cm³/mol. The van der Waals surface area contributed by atoms with Crippen molar-refractivity contribution in [1.82, 2.24) is 4.90 Å². The maximum Gasteiger partial charge on any atom is 0.319 e. The van der Waals surface area contributed by atoms with Crippen molar-refractivity contribution >= 4 is 34.3 Å². The van der Waals surface area contributed by atoms with E-state index in [-0.39, 0.29) is 0 Å². The van der Waals surface area contributed by atoms with Crippen LogP contribution in [-0.4, -0.2) is 38.1 Å². The summed E-state index contributed by atoms with van der Waals surface area (Å²) in [7, 11) is 0. The van der Waals surface area contributed by atoms with Gasteiger partial charge in [0.25, 0.3) is 0 Å². The summed E-state index contributed by atoms with van der Waals surface area (Å²) in [6.07, 6.45) is 3.99. The number of rotatable bonds is 7. The summed E-state index contributed by atoms with van der Waals surface area (Å²) in [5.41, 5.74) is 0. The van der Waals surface area contributed by atoms with Crippen LogP contribution in [0.25, 0.3) is 0 Å². The maximum atomic E-state index is 11.2. The third-order valence-corrected chi connectivity index (χ3v) is 4.25. The molecule has 0 saturated heterocycles. The molecule has 0 heterocycles. The van der Waals surface area contributed by atoms with Crippen molar-refractivity contribution in [3.63, 3.8) is 0 Å². The fourth-order valence-corrected chi connectivity index (χ4v) is 2.66. The second-order valence-electron chi connectivity index (χ2n) is 3.74. The van der Waals surface area contributed by atoms with Gasteiger partial charge in [-0.05, 0) is 13.3 Å². The van der Waals surface area contributed by atoms with Crippen molar-refractivity contribution in [2.75, 3.05) is 13.1 Å². The fraction of sp³-hybridized carbons (Fsp3) is 0.500. The Labute approximate surface area is 113 Å². The number of carboxylic acid groups (broad SMARTS) is 1. The van der Waals surface area contributed by atoms with E-state index >= 15 is 0 Å². The zero-order valence-electron chi connectivity index (χ0n) is 10.3. The van der Waals surface area contributed by atoms with Crippen LogP contribution in [0.15, 0.2) is 25.3 Å². The lowest BCUT2D eigenvalue weighted by Gasteiger charge is -2.28. The van der Waals surface area contributed by atoms with E-state index in [2.05, 4.69) is 13.2 Å². The van der Waals surface area contributed by atoms with Gasteiger partial charge in [-0.1, -0.05) is 43.1 Å². The molecule has 0 aliphatic heterocycles. The van der Waals surface area contributed by atoms with Gasteiger partial charge in [-0.2, -0.15) is 0 Å². The minimum Gasteiger partial charge on any atom is -0.480 e. The third-order valence-electron chi connectivity index (χ3n) is 2.40. The average molecular weight is 273 g/mol. The van der Waals surface area contributed by atoms with Gasteiger partial charge in [0.05, 0.1) is 0 Å². The standard InChI is InChI=1S/C12H19NO2S2/c1-5-8-13(9-6-2)11(16)17-12(4,7-3)10(14)15/h5-6H,1-2,7-9H2,3-4H3,(H,14,15). The minimum absolute atomic E-state index is 0.517. The topological polar surface area (TPSA) is 40.5 Å². The molecule has 0 aromatic carbocycles. The molecule has 5 heteroatoms. The van der Waals surface area contributed by atoms with E-state index in [9.17, 15) is 9.90 Å². The van der Waals surface area contributed by atoms with E-state index in [1.165, 1.54) is 11.8 Å². The molecule has 0 spiro atoms. The lowest BCUT2D eigenvalue weighted by Crippen LogP contribution is -2.37. The summed E-state index contributed by atoms with van der Waals surface area (Å²) in [6, 6.07) is 0. The molecule has 0 rings (SSSR count). The summed E-state index contributed by atoms with van der Waals surface area (Å²) < 4.78 is -0.311. The van der Waals surface area contributed by atoms with Gasteiger partial charge >= 0.3 is 5.97 Å². The molecule has 0 aliphatic rings. The van der Waals surface area contributed by atoms with Crippen molar-refractivity contribution in [2.45, 2.75) is 25.0 Å². The summed E-state index contributed by atoms with van der Waals surface area (Å²) in [4.78, 5) is 13.1. The Balaban J connectivity index is 4.73. The van der Waals surface area contributed by atoms with Gasteiger partial charge in [-0.25, -0.2) is 0 Å². The van der Waals surface area contributed by atoms with Crippen LogP contribution >= 0.6 is 24.0 Å². The molecule has 96 valence electrons. The van der Waals surface area contributed by atoms with Crippen molar-refractivity contribution in [3.05, 3.63) is 25.3 Å². The van der Waals surface area contributed by atoms with Crippen LogP contribution in [0, 0.1) is 0 Å². The highest BCUT2D eigenvalue weighted by Gasteiger charge is 2.34. The molecular weight excluding hydrogens is 254 g/mol. The van der Waals surface area contributed by atoms with Gasteiger partial charge in [0.2, 0.25) is 0 Å². The monoisotopic (exact) mass is 273 g/mol. The van der Waals surface area contributed by atoms with Crippen LogP contribution in [0.2, 0.25) is 0 Å². The second-order valence-corrected chi connectivity index (χ2v) is 5.88. The Morgan fingerprint density at radius 2 is 1.94 bits per heavy atom. The van der Waals surface area contributed by atoms with Crippen LogP contribution < -0.4 is 0 Å². The second kappa shape index (κ2) is 7.50. The summed E-state index contributed by atoms with van der Waals surface area (Å²) in [5.74, 6) is -0.843. The number of thiocarbonyl (C=S) groups is 1. The van der Waals surface area contributed by atoms with Crippen LogP contribution in [0.1, 0.15) is 20.3 Å². The first-order chi connectivity index (χ1) is 7.91. The number of aliphatic carboxylic acids is 1. The minimum atomic E-state index is -0.877. The molecule has 0 aromatic rings. The van der Waals surface area contributed by atoms with Gasteiger partial charge in [0.15, 0.2) is 0 Å². The van der Waals surface area contributed by atoms with Crippen LogP contribution in [0.4, 0.5) is 0 Å². The lowest BCUT2D eigenvalue weighted by molar-refractivity contribution is -0.139.